The summed E-state index contributed by atoms with van der Waals surface area (Å²) in [6.07, 6.45) is 1.10. The van der Waals surface area contributed by atoms with E-state index < -0.39 is 0 Å². The third-order valence-corrected chi connectivity index (χ3v) is 3.51. The quantitative estimate of drug-likeness (QED) is 0.795. The lowest BCUT2D eigenvalue weighted by Crippen LogP contribution is -2.25. The molecule has 0 spiro atoms. The van der Waals surface area contributed by atoms with Crippen molar-refractivity contribution < 1.29 is 4.42 Å². The Morgan fingerprint density at radius 2 is 2.31 bits per heavy atom. The molecule has 1 unspecified atom stereocenters. The number of aryl methyl sites for hydroxylation is 1. The van der Waals surface area contributed by atoms with Gasteiger partial charge in [0.15, 0.2) is 5.58 Å². The summed E-state index contributed by atoms with van der Waals surface area (Å²) in [6.45, 7) is 6.30. The molecule has 0 aliphatic carbocycles. The van der Waals surface area contributed by atoms with Crippen molar-refractivity contribution in [2.75, 3.05) is 13.1 Å². The summed E-state index contributed by atoms with van der Waals surface area (Å²) in [5.74, 6) is 0.877. The molecular formula is C13H16N2O. The van der Waals surface area contributed by atoms with Crippen LogP contribution in [-0.2, 0) is 5.41 Å². The Morgan fingerprint density at radius 3 is 3.00 bits per heavy atom. The van der Waals surface area contributed by atoms with Crippen molar-refractivity contribution in [2.45, 2.75) is 25.7 Å². The number of aromatic nitrogens is 1. The van der Waals surface area contributed by atoms with Gasteiger partial charge in [-0.15, -0.1) is 0 Å². The molecule has 1 atom stereocenters. The van der Waals surface area contributed by atoms with Gasteiger partial charge in [-0.2, -0.15) is 0 Å². The van der Waals surface area contributed by atoms with Gasteiger partial charge in [0.1, 0.15) is 5.52 Å². The van der Waals surface area contributed by atoms with Gasteiger partial charge in [-0.1, -0.05) is 12.1 Å². The van der Waals surface area contributed by atoms with E-state index >= 15 is 0 Å². The summed E-state index contributed by atoms with van der Waals surface area (Å²) in [5.41, 5.74) is 3.15. The second-order valence-electron chi connectivity index (χ2n) is 4.93. The first kappa shape index (κ1) is 9.85. The molecule has 1 aliphatic rings. The van der Waals surface area contributed by atoms with Crippen LogP contribution in [0.5, 0.6) is 0 Å². The Kier molecular flexibility index (Phi) is 2.04. The zero-order chi connectivity index (χ0) is 11.2. The number of fused-ring (bicyclic) bond motifs is 1. The van der Waals surface area contributed by atoms with Gasteiger partial charge < -0.3 is 9.73 Å². The molecule has 2 aromatic rings. The third kappa shape index (κ3) is 1.35. The minimum atomic E-state index is 0.0610. The van der Waals surface area contributed by atoms with Crippen molar-refractivity contribution in [2.24, 2.45) is 0 Å². The number of oxazole rings is 1. The lowest BCUT2D eigenvalue weighted by molar-refractivity contribution is 0.382. The summed E-state index contributed by atoms with van der Waals surface area (Å²) < 4.78 is 5.88. The zero-order valence-corrected chi connectivity index (χ0v) is 9.71. The highest BCUT2D eigenvalue weighted by Crippen LogP contribution is 2.32. The van der Waals surface area contributed by atoms with E-state index in [0.29, 0.717) is 0 Å². The molecule has 1 aromatic heterocycles. The van der Waals surface area contributed by atoms with Crippen molar-refractivity contribution >= 4 is 11.1 Å². The van der Waals surface area contributed by atoms with Crippen LogP contribution in [0, 0.1) is 6.92 Å². The van der Waals surface area contributed by atoms with E-state index in [1.54, 1.807) is 0 Å². The summed E-state index contributed by atoms with van der Waals surface area (Å²) in [4.78, 5) is 4.66. The first-order chi connectivity index (χ1) is 7.69. The van der Waals surface area contributed by atoms with E-state index in [4.69, 9.17) is 4.42 Å². The highest BCUT2D eigenvalue weighted by molar-refractivity contribution is 5.76. The molecule has 1 N–H and O–H groups in total. The molecule has 0 bridgehead atoms. The Morgan fingerprint density at radius 1 is 1.44 bits per heavy atom. The number of hydrogen-bond acceptors (Lipinski definition) is 3. The second kappa shape index (κ2) is 3.32. The molecular weight excluding hydrogens is 200 g/mol. The van der Waals surface area contributed by atoms with Crippen molar-refractivity contribution in [1.29, 1.82) is 0 Å². The number of nitrogens with one attached hydrogen (secondary N) is 1. The van der Waals surface area contributed by atoms with Crippen LogP contribution >= 0.6 is 0 Å². The largest absolute Gasteiger partial charge is 0.440 e. The van der Waals surface area contributed by atoms with E-state index in [2.05, 4.69) is 30.2 Å². The molecule has 1 aliphatic heterocycles. The van der Waals surface area contributed by atoms with Crippen LogP contribution in [0.25, 0.3) is 11.1 Å². The highest BCUT2D eigenvalue weighted by atomic mass is 16.3. The predicted molar refractivity (Wildman–Crippen MR) is 63.6 cm³/mol. The smallest absolute Gasteiger partial charge is 0.202 e. The number of para-hydroxylation sites is 1. The maximum Gasteiger partial charge on any atom is 0.202 e. The van der Waals surface area contributed by atoms with Gasteiger partial charge in [0.25, 0.3) is 0 Å². The van der Waals surface area contributed by atoms with Gasteiger partial charge in [0.05, 0.1) is 5.41 Å². The van der Waals surface area contributed by atoms with Crippen LogP contribution < -0.4 is 5.32 Å². The van der Waals surface area contributed by atoms with Gasteiger partial charge in [0, 0.05) is 6.54 Å². The van der Waals surface area contributed by atoms with Crippen LogP contribution in [0.1, 0.15) is 24.8 Å². The lowest BCUT2D eigenvalue weighted by Gasteiger charge is -2.17. The molecule has 1 fully saturated rings. The lowest BCUT2D eigenvalue weighted by atomic mass is 9.90. The Labute approximate surface area is 94.9 Å². The van der Waals surface area contributed by atoms with Crippen LogP contribution in [0.2, 0.25) is 0 Å². The molecule has 1 saturated heterocycles. The average Bonchev–Trinajstić information content (AvgIpc) is 2.85. The Balaban J connectivity index is 2.15. The normalized spacial score (nSPS) is 25.4. The summed E-state index contributed by atoms with van der Waals surface area (Å²) in [5, 5.41) is 3.37. The van der Waals surface area contributed by atoms with E-state index in [1.807, 2.05) is 12.1 Å². The summed E-state index contributed by atoms with van der Waals surface area (Å²) in [6, 6.07) is 6.08. The Bertz CT molecular complexity index is 524. The molecule has 84 valence electrons. The maximum absolute atomic E-state index is 5.88. The molecule has 0 amide bonds. The summed E-state index contributed by atoms with van der Waals surface area (Å²) >= 11 is 0. The van der Waals surface area contributed by atoms with Gasteiger partial charge >= 0.3 is 0 Å². The fourth-order valence-electron chi connectivity index (χ4n) is 2.34. The molecule has 3 heteroatoms. The minimum Gasteiger partial charge on any atom is -0.440 e. The van der Waals surface area contributed by atoms with E-state index in [1.165, 1.54) is 5.56 Å². The van der Waals surface area contributed by atoms with E-state index in [0.717, 1.165) is 36.5 Å². The number of nitrogens with zero attached hydrogens (tertiary/aromatic N) is 1. The second-order valence-corrected chi connectivity index (χ2v) is 4.93. The number of benzene rings is 1. The first-order valence-corrected chi connectivity index (χ1v) is 5.76. The van der Waals surface area contributed by atoms with Crippen LogP contribution in [0.15, 0.2) is 22.6 Å². The standard InChI is InChI=1S/C13H16N2O/c1-9-4-3-5-10-11(9)15-12(16-10)13(2)6-7-14-8-13/h3-5,14H,6-8H2,1-2H3. The summed E-state index contributed by atoms with van der Waals surface area (Å²) in [7, 11) is 0. The fourth-order valence-corrected chi connectivity index (χ4v) is 2.34. The number of rotatable bonds is 1. The maximum atomic E-state index is 5.88. The molecule has 16 heavy (non-hydrogen) atoms. The van der Waals surface area contributed by atoms with Crippen molar-refractivity contribution in [1.82, 2.24) is 10.3 Å². The molecule has 1 aromatic carbocycles. The van der Waals surface area contributed by atoms with E-state index in [9.17, 15) is 0 Å². The van der Waals surface area contributed by atoms with Crippen molar-refractivity contribution in [3.8, 4) is 0 Å². The van der Waals surface area contributed by atoms with Crippen LogP contribution in [0.3, 0.4) is 0 Å². The van der Waals surface area contributed by atoms with Gasteiger partial charge in [-0.05, 0) is 38.4 Å². The van der Waals surface area contributed by atoms with Gasteiger partial charge in [-0.3, -0.25) is 0 Å². The van der Waals surface area contributed by atoms with E-state index in [-0.39, 0.29) is 5.41 Å². The predicted octanol–water partition coefficient (Wildman–Crippen LogP) is 2.39. The molecule has 2 heterocycles. The monoisotopic (exact) mass is 216 g/mol. The first-order valence-electron chi connectivity index (χ1n) is 5.76. The zero-order valence-electron chi connectivity index (χ0n) is 9.71. The number of hydrogen-bond donors (Lipinski definition) is 1. The van der Waals surface area contributed by atoms with Gasteiger partial charge in [-0.25, -0.2) is 4.98 Å². The van der Waals surface area contributed by atoms with Crippen molar-refractivity contribution in [3.05, 3.63) is 29.7 Å². The molecule has 3 rings (SSSR count). The average molecular weight is 216 g/mol. The van der Waals surface area contributed by atoms with Crippen molar-refractivity contribution in [3.63, 3.8) is 0 Å². The minimum absolute atomic E-state index is 0.0610. The molecule has 0 radical (unpaired) electrons. The molecule has 3 nitrogen and oxygen atoms in total. The molecule has 0 saturated carbocycles. The van der Waals surface area contributed by atoms with Crippen LogP contribution in [0.4, 0.5) is 0 Å². The van der Waals surface area contributed by atoms with Gasteiger partial charge in [0.2, 0.25) is 5.89 Å². The Hall–Kier alpha value is -1.35. The third-order valence-electron chi connectivity index (χ3n) is 3.51. The fraction of sp³-hybridized carbons (Fsp3) is 0.462. The topological polar surface area (TPSA) is 38.1 Å². The highest BCUT2D eigenvalue weighted by Gasteiger charge is 2.35. The van der Waals surface area contributed by atoms with Crippen LogP contribution in [-0.4, -0.2) is 18.1 Å². The SMILES string of the molecule is Cc1cccc2oc(C3(C)CCNC3)nc12.